The van der Waals surface area contributed by atoms with Crippen LogP contribution in [0.25, 0.3) is 0 Å². The monoisotopic (exact) mass is 363 g/mol. The fourth-order valence-corrected chi connectivity index (χ4v) is 3.99. The highest BCUT2D eigenvalue weighted by molar-refractivity contribution is 7.10. The van der Waals surface area contributed by atoms with Gasteiger partial charge < -0.3 is 10.6 Å². The van der Waals surface area contributed by atoms with Gasteiger partial charge in [-0.2, -0.15) is 0 Å². The van der Waals surface area contributed by atoms with Gasteiger partial charge in [0.2, 0.25) is 5.91 Å². The molecule has 3 rings (SSSR count). The number of piperazine rings is 1. The van der Waals surface area contributed by atoms with Crippen molar-refractivity contribution in [3.63, 3.8) is 0 Å². The average molecular weight is 364 g/mol. The van der Waals surface area contributed by atoms with Gasteiger partial charge in [-0.3, -0.25) is 9.69 Å². The summed E-state index contributed by atoms with van der Waals surface area (Å²) in [6.45, 7) is 4.99. The number of nitrogens with zero attached hydrogens (tertiary/aromatic N) is 1. The summed E-state index contributed by atoms with van der Waals surface area (Å²) in [5.74, 6) is 0.0600. The van der Waals surface area contributed by atoms with E-state index < -0.39 is 0 Å². The van der Waals surface area contributed by atoms with Gasteiger partial charge in [0, 0.05) is 35.6 Å². The summed E-state index contributed by atoms with van der Waals surface area (Å²) in [5.41, 5.74) is 1.15. The molecule has 24 heavy (non-hydrogen) atoms. The van der Waals surface area contributed by atoms with E-state index in [4.69, 9.17) is 11.6 Å². The van der Waals surface area contributed by atoms with Gasteiger partial charge in [-0.1, -0.05) is 29.8 Å². The molecule has 0 spiro atoms. The number of thiophene rings is 1. The summed E-state index contributed by atoms with van der Waals surface area (Å²) in [4.78, 5) is 15.9. The Morgan fingerprint density at radius 1 is 1.46 bits per heavy atom. The van der Waals surface area contributed by atoms with Gasteiger partial charge in [-0.05, 0) is 36.1 Å². The lowest BCUT2D eigenvalue weighted by molar-refractivity contribution is -0.123. The van der Waals surface area contributed by atoms with Crippen molar-refractivity contribution in [2.24, 2.45) is 0 Å². The molecule has 1 fully saturated rings. The van der Waals surface area contributed by atoms with Crippen molar-refractivity contribution in [3.8, 4) is 0 Å². The number of halogens is 1. The number of nitrogens with one attached hydrogen (secondary N) is 2. The Balaban J connectivity index is 1.64. The molecular formula is C18H22ClN3OS. The molecule has 6 heteroatoms. The van der Waals surface area contributed by atoms with Gasteiger partial charge in [-0.15, -0.1) is 11.3 Å². The lowest BCUT2D eigenvalue weighted by Gasteiger charge is -2.36. The minimum atomic E-state index is 0.0463. The first-order valence-corrected chi connectivity index (χ1v) is 9.42. The lowest BCUT2D eigenvalue weighted by Crippen LogP contribution is -2.49. The lowest BCUT2D eigenvalue weighted by atomic mass is 10.0. The second kappa shape index (κ2) is 8.12. The van der Waals surface area contributed by atoms with Crippen molar-refractivity contribution < 1.29 is 4.79 Å². The first-order chi connectivity index (χ1) is 11.6. The van der Waals surface area contributed by atoms with Crippen molar-refractivity contribution in [2.45, 2.75) is 19.0 Å². The van der Waals surface area contributed by atoms with Crippen LogP contribution in [0.3, 0.4) is 0 Å². The number of carbonyl (C=O) groups excluding carboxylic acids is 1. The highest BCUT2D eigenvalue weighted by atomic mass is 35.5. The van der Waals surface area contributed by atoms with E-state index in [1.165, 1.54) is 4.88 Å². The number of carbonyl (C=O) groups is 1. The molecule has 1 aliphatic heterocycles. The topological polar surface area (TPSA) is 44.4 Å². The van der Waals surface area contributed by atoms with Gasteiger partial charge in [0.15, 0.2) is 0 Å². The van der Waals surface area contributed by atoms with Crippen molar-refractivity contribution in [1.29, 1.82) is 0 Å². The van der Waals surface area contributed by atoms with Gasteiger partial charge >= 0.3 is 0 Å². The smallest absolute Gasteiger partial charge is 0.234 e. The zero-order valence-electron chi connectivity index (χ0n) is 13.7. The van der Waals surface area contributed by atoms with Crippen LogP contribution in [0, 0.1) is 0 Å². The third-order valence-corrected chi connectivity index (χ3v) is 5.57. The van der Waals surface area contributed by atoms with Crippen LogP contribution in [0.15, 0.2) is 41.8 Å². The van der Waals surface area contributed by atoms with Gasteiger partial charge in [0.1, 0.15) is 0 Å². The summed E-state index contributed by atoms with van der Waals surface area (Å²) in [6.07, 6.45) is 0. The van der Waals surface area contributed by atoms with Crippen LogP contribution >= 0.6 is 22.9 Å². The van der Waals surface area contributed by atoms with Crippen LogP contribution < -0.4 is 10.6 Å². The molecule has 0 bridgehead atoms. The number of hydrogen-bond acceptors (Lipinski definition) is 4. The Morgan fingerprint density at radius 3 is 3.08 bits per heavy atom. The molecule has 1 aromatic heterocycles. The van der Waals surface area contributed by atoms with Crippen molar-refractivity contribution in [2.75, 3.05) is 26.2 Å². The summed E-state index contributed by atoms with van der Waals surface area (Å²) in [5, 5.41) is 9.26. The summed E-state index contributed by atoms with van der Waals surface area (Å²) in [6, 6.07) is 12.2. The van der Waals surface area contributed by atoms with Crippen LogP contribution in [0.2, 0.25) is 5.02 Å². The zero-order chi connectivity index (χ0) is 16.9. The van der Waals surface area contributed by atoms with Crippen molar-refractivity contribution in [3.05, 3.63) is 57.2 Å². The van der Waals surface area contributed by atoms with Gasteiger partial charge in [0.05, 0.1) is 12.6 Å². The minimum absolute atomic E-state index is 0.0463. The molecule has 0 saturated carbocycles. The van der Waals surface area contributed by atoms with E-state index in [0.29, 0.717) is 6.54 Å². The average Bonchev–Trinajstić information content (AvgIpc) is 3.10. The van der Waals surface area contributed by atoms with E-state index in [1.54, 1.807) is 11.3 Å². The SMILES string of the molecule is CC(NC(=O)CN1CCNCC1c1cccc(Cl)c1)c1cccs1. The summed E-state index contributed by atoms with van der Waals surface area (Å²) < 4.78 is 0. The molecule has 0 aliphatic carbocycles. The van der Waals surface area contributed by atoms with E-state index >= 15 is 0 Å². The fourth-order valence-electron chi connectivity index (χ4n) is 3.06. The van der Waals surface area contributed by atoms with E-state index in [2.05, 4.69) is 27.7 Å². The Morgan fingerprint density at radius 2 is 2.33 bits per heavy atom. The molecule has 2 N–H and O–H groups in total. The quantitative estimate of drug-likeness (QED) is 0.857. The molecule has 4 nitrogen and oxygen atoms in total. The zero-order valence-corrected chi connectivity index (χ0v) is 15.2. The number of amides is 1. The molecular weight excluding hydrogens is 342 g/mol. The van der Waals surface area contributed by atoms with E-state index in [0.717, 1.165) is 30.2 Å². The van der Waals surface area contributed by atoms with E-state index in [1.807, 2.05) is 36.6 Å². The van der Waals surface area contributed by atoms with Crippen molar-refractivity contribution in [1.82, 2.24) is 15.5 Å². The first-order valence-electron chi connectivity index (χ1n) is 8.16. The van der Waals surface area contributed by atoms with E-state index in [9.17, 15) is 4.79 Å². The van der Waals surface area contributed by atoms with Crippen LogP contribution in [0.1, 0.15) is 29.4 Å². The summed E-state index contributed by atoms with van der Waals surface area (Å²) in [7, 11) is 0. The Bertz CT molecular complexity index is 677. The Kier molecular flexibility index (Phi) is 5.89. The number of rotatable bonds is 5. The number of hydrogen-bond donors (Lipinski definition) is 2. The normalized spacial score (nSPS) is 19.8. The Labute approximate surface area is 151 Å². The molecule has 0 radical (unpaired) electrons. The maximum Gasteiger partial charge on any atom is 0.234 e. The van der Waals surface area contributed by atoms with Crippen LogP contribution in [-0.4, -0.2) is 37.0 Å². The summed E-state index contributed by atoms with van der Waals surface area (Å²) >= 11 is 7.79. The first kappa shape index (κ1) is 17.4. The molecule has 2 unspecified atom stereocenters. The molecule has 1 aromatic carbocycles. The molecule has 1 saturated heterocycles. The Hall–Kier alpha value is -1.40. The largest absolute Gasteiger partial charge is 0.348 e. The van der Waals surface area contributed by atoms with Gasteiger partial charge in [-0.25, -0.2) is 0 Å². The standard InChI is InChI=1S/C18H22ClN3OS/c1-13(17-6-3-9-24-17)21-18(23)12-22-8-7-20-11-16(22)14-4-2-5-15(19)10-14/h2-6,9-10,13,16,20H,7-8,11-12H2,1H3,(H,21,23). The third kappa shape index (κ3) is 4.36. The maximum absolute atomic E-state index is 12.5. The van der Waals surface area contributed by atoms with E-state index in [-0.39, 0.29) is 18.0 Å². The van der Waals surface area contributed by atoms with Crippen LogP contribution in [0.4, 0.5) is 0 Å². The predicted octanol–water partition coefficient (Wildman–Crippen LogP) is 3.23. The van der Waals surface area contributed by atoms with Crippen LogP contribution in [0.5, 0.6) is 0 Å². The molecule has 1 amide bonds. The molecule has 2 atom stereocenters. The molecule has 2 aromatic rings. The predicted molar refractivity (Wildman–Crippen MR) is 99.5 cm³/mol. The minimum Gasteiger partial charge on any atom is -0.348 e. The highest BCUT2D eigenvalue weighted by Crippen LogP contribution is 2.24. The number of benzene rings is 1. The second-order valence-corrected chi connectivity index (χ2v) is 7.47. The third-order valence-electron chi connectivity index (χ3n) is 4.28. The van der Waals surface area contributed by atoms with Crippen LogP contribution in [-0.2, 0) is 4.79 Å². The second-order valence-electron chi connectivity index (χ2n) is 6.05. The molecule has 2 heterocycles. The molecule has 1 aliphatic rings. The highest BCUT2D eigenvalue weighted by Gasteiger charge is 2.26. The van der Waals surface area contributed by atoms with Crippen molar-refractivity contribution >= 4 is 28.8 Å². The maximum atomic E-state index is 12.5. The fraction of sp³-hybridized carbons (Fsp3) is 0.389. The van der Waals surface area contributed by atoms with Gasteiger partial charge in [0.25, 0.3) is 0 Å². The molecule has 128 valence electrons.